The van der Waals surface area contributed by atoms with Crippen LogP contribution in [0.5, 0.6) is 5.75 Å². The Labute approximate surface area is 162 Å². The summed E-state index contributed by atoms with van der Waals surface area (Å²) in [6.07, 6.45) is 5.26. The number of ether oxygens (including phenoxy) is 1. The molecule has 1 unspecified atom stereocenters. The van der Waals surface area contributed by atoms with Crippen LogP contribution in [0.2, 0.25) is 0 Å². The molecule has 2 heterocycles. The van der Waals surface area contributed by atoms with E-state index in [4.69, 9.17) is 4.74 Å². The highest BCUT2D eigenvalue weighted by atomic mass is 16.5. The Morgan fingerprint density at radius 1 is 1.07 bits per heavy atom. The molecule has 2 aromatic heterocycles. The van der Waals surface area contributed by atoms with Crippen LogP contribution in [0.15, 0.2) is 73.2 Å². The van der Waals surface area contributed by atoms with Crippen molar-refractivity contribution in [2.24, 2.45) is 7.05 Å². The first kappa shape index (κ1) is 17.7. The van der Waals surface area contributed by atoms with E-state index in [1.54, 1.807) is 25.6 Å². The number of para-hydroxylation sites is 1. The van der Waals surface area contributed by atoms with Gasteiger partial charge in [0.05, 0.1) is 18.2 Å². The van der Waals surface area contributed by atoms with Gasteiger partial charge in [-0.05, 0) is 29.8 Å². The molecular formula is C22H20N4O2. The molecule has 0 aliphatic carbocycles. The monoisotopic (exact) mass is 372 g/mol. The highest BCUT2D eigenvalue weighted by Gasteiger charge is 2.23. The third kappa shape index (κ3) is 3.32. The van der Waals surface area contributed by atoms with E-state index >= 15 is 0 Å². The fourth-order valence-electron chi connectivity index (χ4n) is 3.27. The van der Waals surface area contributed by atoms with E-state index in [9.17, 15) is 4.79 Å². The summed E-state index contributed by atoms with van der Waals surface area (Å²) in [6, 6.07) is 16.6. The Morgan fingerprint density at radius 3 is 2.68 bits per heavy atom. The van der Waals surface area contributed by atoms with Crippen LogP contribution in [0.3, 0.4) is 0 Å². The Kier molecular flexibility index (Phi) is 4.76. The Bertz CT molecular complexity index is 1130. The molecule has 0 saturated heterocycles. The van der Waals surface area contributed by atoms with Crippen molar-refractivity contribution in [1.29, 1.82) is 0 Å². The lowest BCUT2D eigenvalue weighted by Crippen LogP contribution is -2.31. The molecule has 1 atom stereocenters. The van der Waals surface area contributed by atoms with Gasteiger partial charge >= 0.3 is 0 Å². The van der Waals surface area contributed by atoms with E-state index in [0.717, 1.165) is 22.5 Å². The van der Waals surface area contributed by atoms with Crippen molar-refractivity contribution in [3.63, 3.8) is 0 Å². The highest BCUT2D eigenvalue weighted by Crippen LogP contribution is 2.25. The fourth-order valence-corrected chi connectivity index (χ4v) is 3.27. The molecule has 140 valence electrons. The van der Waals surface area contributed by atoms with Crippen LogP contribution in [0.25, 0.3) is 10.9 Å². The zero-order valence-electron chi connectivity index (χ0n) is 15.7. The quantitative estimate of drug-likeness (QED) is 0.582. The molecule has 1 N–H and O–H groups in total. The number of hydrogen-bond donors (Lipinski definition) is 1. The number of methoxy groups -OCH3 is 1. The van der Waals surface area contributed by atoms with Crippen molar-refractivity contribution in [2.75, 3.05) is 7.11 Å². The predicted molar refractivity (Wildman–Crippen MR) is 107 cm³/mol. The summed E-state index contributed by atoms with van der Waals surface area (Å²) in [5.74, 6) is 1.24. The van der Waals surface area contributed by atoms with Crippen molar-refractivity contribution in [2.45, 2.75) is 6.04 Å². The number of aromatic nitrogens is 3. The molecule has 0 bridgehead atoms. The van der Waals surface area contributed by atoms with E-state index in [2.05, 4.69) is 15.3 Å². The molecule has 0 radical (unpaired) electrons. The average molecular weight is 372 g/mol. The number of rotatable bonds is 5. The van der Waals surface area contributed by atoms with Crippen molar-refractivity contribution < 1.29 is 9.53 Å². The van der Waals surface area contributed by atoms with E-state index in [-0.39, 0.29) is 5.91 Å². The van der Waals surface area contributed by atoms with E-state index in [0.29, 0.717) is 11.1 Å². The van der Waals surface area contributed by atoms with Crippen LogP contribution in [-0.4, -0.2) is 27.6 Å². The van der Waals surface area contributed by atoms with Gasteiger partial charge in [-0.3, -0.25) is 9.78 Å². The number of benzene rings is 2. The average Bonchev–Trinajstić information content (AvgIpc) is 3.17. The fraction of sp³-hybridized carbons (Fsp3) is 0.136. The Balaban J connectivity index is 1.75. The zero-order chi connectivity index (χ0) is 19.5. The van der Waals surface area contributed by atoms with Gasteiger partial charge in [0.1, 0.15) is 17.6 Å². The topological polar surface area (TPSA) is 69.0 Å². The summed E-state index contributed by atoms with van der Waals surface area (Å²) in [4.78, 5) is 22.0. The molecule has 6 heteroatoms. The standard InChI is InChI=1S/C22H20N4O2/c1-26-13-12-24-21(26)20(16-7-3-9-17(14-16)28-2)25-22(27)18-10-4-6-15-8-5-11-23-19(15)18/h3-14,20H,1-2H3,(H,25,27). The largest absolute Gasteiger partial charge is 0.497 e. The normalized spacial score (nSPS) is 11.9. The number of nitrogens with one attached hydrogen (secondary N) is 1. The van der Waals surface area contributed by atoms with Crippen LogP contribution >= 0.6 is 0 Å². The number of nitrogens with zero attached hydrogens (tertiary/aromatic N) is 3. The second kappa shape index (κ2) is 7.52. The molecule has 4 aromatic rings. The second-order valence-electron chi connectivity index (χ2n) is 6.46. The van der Waals surface area contributed by atoms with Crippen molar-refractivity contribution >= 4 is 16.8 Å². The highest BCUT2D eigenvalue weighted by molar-refractivity contribution is 6.05. The van der Waals surface area contributed by atoms with Crippen LogP contribution < -0.4 is 10.1 Å². The van der Waals surface area contributed by atoms with Crippen molar-refractivity contribution in [3.05, 3.63) is 90.1 Å². The number of fused-ring (bicyclic) bond motifs is 1. The van der Waals surface area contributed by atoms with Crippen LogP contribution in [0, 0.1) is 0 Å². The van der Waals surface area contributed by atoms with Gasteiger partial charge in [-0.25, -0.2) is 4.98 Å². The van der Waals surface area contributed by atoms with Crippen molar-refractivity contribution in [3.8, 4) is 5.75 Å². The number of hydrogen-bond acceptors (Lipinski definition) is 4. The van der Waals surface area contributed by atoms with E-state index < -0.39 is 6.04 Å². The smallest absolute Gasteiger partial charge is 0.254 e. The number of pyridine rings is 1. The molecule has 6 nitrogen and oxygen atoms in total. The summed E-state index contributed by atoms with van der Waals surface area (Å²) in [6.45, 7) is 0. The first-order valence-corrected chi connectivity index (χ1v) is 8.93. The number of imidazole rings is 1. The first-order valence-electron chi connectivity index (χ1n) is 8.93. The van der Waals surface area contributed by atoms with Gasteiger partial charge in [0, 0.05) is 31.0 Å². The van der Waals surface area contributed by atoms with E-state index in [1.807, 2.05) is 66.3 Å². The summed E-state index contributed by atoms with van der Waals surface area (Å²) in [5.41, 5.74) is 2.09. The van der Waals surface area contributed by atoms with Gasteiger partial charge < -0.3 is 14.6 Å². The van der Waals surface area contributed by atoms with Crippen molar-refractivity contribution in [1.82, 2.24) is 19.9 Å². The zero-order valence-corrected chi connectivity index (χ0v) is 15.7. The molecule has 1 amide bonds. The summed E-state index contributed by atoms with van der Waals surface area (Å²) in [7, 11) is 3.52. The number of aryl methyl sites for hydroxylation is 1. The maximum Gasteiger partial charge on any atom is 0.254 e. The van der Waals surface area contributed by atoms with Crippen LogP contribution in [0.4, 0.5) is 0 Å². The Morgan fingerprint density at radius 2 is 1.89 bits per heavy atom. The third-order valence-electron chi connectivity index (χ3n) is 4.70. The molecule has 4 rings (SSSR count). The second-order valence-corrected chi connectivity index (χ2v) is 6.46. The van der Waals surface area contributed by atoms with Crippen LogP contribution in [0.1, 0.15) is 27.8 Å². The third-order valence-corrected chi connectivity index (χ3v) is 4.70. The summed E-state index contributed by atoms with van der Waals surface area (Å²) in [5, 5.41) is 4.04. The number of carbonyl (C=O) groups excluding carboxylic acids is 1. The van der Waals surface area contributed by atoms with Gasteiger partial charge in [-0.15, -0.1) is 0 Å². The molecule has 0 saturated carbocycles. The summed E-state index contributed by atoms with van der Waals surface area (Å²) < 4.78 is 7.24. The lowest BCUT2D eigenvalue weighted by atomic mass is 10.0. The molecule has 0 spiro atoms. The van der Waals surface area contributed by atoms with Crippen LogP contribution in [-0.2, 0) is 7.05 Å². The molecular weight excluding hydrogens is 352 g/mol. The Hall–Kier alpha value is -3.67. The predicted octanol–water partition coefficient (Wildman–Crippen LogP) is 3.50. The van der Waals surface area contributed by atoms with Gasteiger partial charge in [0.25, 0.3) is 5.91 Å². The first-order chi connectivity index (χ1) is 13.7. The van der Waals surface area contributed by atoms with E-state index in [1.165, 1.54) is 0 Å². The molecule has 0 fully saturated rings. The van der Waals surface area contributed by atoms with Gasteiger partial charge in [-0.1, -0.05) is 30.3 Å². The maximum absolute atomic E-state index is 13.2. The molecule has 28 heavy (non-hydrogen) atoms. The lowest BCUT2D eigenvalue weighted by molar-refractivity contribution is 0.0942. The van der Waals surface area contributed by atoms with Gasteiger partial charge in [-0.2, -0.15) is 0 Å². The number of amides is 1. The molecule has 0 aliphatic heterocycles. The van der Waals surface area contributed by atoms with Gasteiger partial charge in [0.15, 0.2) is 0 Å². The lowest BCUT2D eigenvalue weighted by Gasteiger charge is -2.20. The van der Waals surface area contributed by atoms with Gasteiger partial charge in [0.2, 0.25) is 0 Å². The maximum atomic E-state index is 13.2. The molecule has 0 aliphatic rings. The summed E-state index contributed by atoms with van der Waals surface area (Å²) >= 11 is 0. The minimum absolute atomic E-state index is 0.208. The SMILES string of the molecule is COc1cccc(C(NC(=O)c2cccc3cccnc23)c2nccn2C)c1. The minimum atomic E-state index is -0.429. The molecule has 2 aromatic carbocycles. The minimum Gasteiger partial charge on any atom is -0.497 e. The number of carbonyl (C=O) groups is 1.